The number of ether oxygens (including phenoxy) is 1. The Labute approximate surface area is 190 Å². The maximum atomic E-state index is 13.1. The number of aromatic nitrogens is 1. The third kappa shape index (κ3) is 4.64. The number of benzene rings is 3. The molecule has 3 N–H and O–H groups in total. The molecular weight excluding hydrogens is 442 g/mol. The number of rotatable bonds is 6. The number of hydrogen-bond donors (Lipinski definition) is 2. The highest BCUT2D eigenvalue weighted by Crippen LogP contribution is 2.26. The number of pyridine rings is 1. The number of fused-ring (bicyclic) bond motifs is 1. The molecule has 0 radical (unpaired) electrons. The van der Waals surface area contributed by atoms with Gasteiger partial charge < -0.3 is 9.84 Å². The van der Waals surface area contributed by atoms with E-state index in [1.165, 1.54) is 29.0 Å². The van der Waals surface area contributed by atoms with E-state index in [2.05, 4.69) is 4.99 Å². The molecule has 33 heavy (non-hydrogen) atoms. The van der Waals surface area contributed by atoms with Crippen LogP contribution < -0.4 is 15.4 Å². The third-order valence-electron chi connectivity index (χ3n) is 5.18. The van der Waals surface area contributed by atoms with E-state index in [1.54, 1.807) is 49.6 Å². The van der Waals surface area contributed by atoms with Gasteiger partial charge in [-0.05, 0) is 42.0 Å². The Bertz CT molecular complexity index is 1520. The SMILES string of the molecule is COc1ccc(Cn2c(O)c(C=Nc3cccc(S(N)(=O)=O)c3)c3ccccc3c2=O)cc1. The van der Waals surface area contributed by atoms with Gasteiger partial charge in [-0.3, -0.25) is 14.4 Å². The smallest absolute Gasteiger partial charge is 0.261 e. The number of hydrogen-bond acceptors (Lipinski definition) is 6. The quantitative estimate of drug-likeness (QED) is 0.425. The number of nitrogens with zero attached hydrogens (tertiary/aromatic N) is 2. The molecule has 0 spiro atoms. The molecule has 8 nitrogen and oxygen atoms in total. The average molecular weight is 464 g/mol. The van der Waals surface area contributed by atoms with Crippen LogP contribution in [0.3, 0.4) is 0 Å². The molecule has 0 bridgehead atoms. The first-order valence-corrected chi connectivity index (χ1v) is 11.5. The summed E-state index contributed by atoms with van der Waals surface area (Å²) in [4.78, 5) is 17.4. The van der Waals surface area contributed by atoms with Gasteiger partial charge in [0.05, 0.1) is 29.8 Å². The van der Waals surface area contributed by atoms with Crippen molar-refractivity contribution in [3.05, 3.63) is 94.3 Å². The maximum Gasteiger partial charge on any atom is 0.261 e. The second-order valence-electron chi connectivity index (χ2n) is 7.32. The summed E-state index contributed by atoms with van der Waals surface area (Å²) >= 11 is 0. The van der Waals surface area contributed by atoms with Gasteiger partial charge in [0.15, 0.2) is 0 Å². The van der Waals surface area contributed by atoms with Crippen LogP contribution in [-0.4, -0.2) is 31.4 Å². The fraction of sp³-hybridized carbons (Fsp3) is 0.0833. The molecule has 1 heterocycles. The molecule has 4 rings (SSSR count). The number of sulfonamides is 1. The monoisotopic (exact) mass is 463 g/mol. The molecule has 0 amide bonds. The Hall–Kier alpha value is -3.95. The Morgan fingerprint density at radius 3 is 2.39 bits per heavy atom. The van der Waals surface area contributed by atoms with E-state index in [9.17, 15) is 18.3 Å². The molecule has 4 aromatic rings. The summed E-state index contributed by atoms with van der Waals surface area (Å²) in [5, 5.41) is 17.2. The zero-order chi connectivity index (χ0) is 23.6. The minimum atomic E-state index is -3.88. The number of nitrogens with two attached hydrogens (primary N) is 1. The molecular formula is C24H21N3O5S. The Balaban J connectivity index is 1.82. The third-order valence-corrected chi connectivity index (χ3v) is 6.09. The van der Waals surface area contributed by atoms with Gasteiger partial charge >= 0.3 is 0 Å². The molecule has 0 fully saturated rings. The van der Waals surface area contributed by atoms with Crippen LogP contribution >= 0.6 is 0 Å². The first-order valence-electron chi connectivity index (χ1n) is 9.92. The van der Waals surface area contributed by atoms with Crippen molar-refractivity contribution in [2.75, 3.05) is 7.11 Å². The summed E-state index contributed by atoms with van der Waals surface area (Å²) in [6, 6.07) is 19.9. The summed E-state index contributed by atoms with van der Waals surface area (Å²) in [6.07, 6.45) is 1.41. The summed E-state index contributed by atoms with van der Waals surface area (Å²) in [5.41, 5.74) is 1.12. The predicted molar refractivity (Wildman–Crippen MR) is 127 cm³/mol. The lowest BCUT2D eigenvalue weighted by molar-refractivity contribution is 0.412. The van der Waals surface area contributed by atoms with Gasteiger partial charge in [0.25, 0.3) is 5.56 Å². The summed E-state index contributed by atoms with van der Waals surface area (Å²) in [5.74, 6) is 0.434. The lowest BCUT2D eigenvalue weighted by Crippen LogP contribution is -2.22. The van der Waals surface area contributed by atoms with Crippen molar-refractivity contribution in [2.45, 2.75) is 11.4 Å². The summed E-state index contributed by atoms with van der Waals surface area (Å²) < 4.78 is 29.7. The lowest BCUT2D eigenvalue weighted by Gasteiger charge is -2.14. The molecule has 0 saturated carbocycles. The molecule has 0 aliphatic carbocycles. The van der Waals surface area contributed by atoms with Crippen molar-refractivity contribution in [1.82, 2.24) is 4.57 Å². The van der Waals surface area contributed by atoms with Crippen LogP contribution in [0.25, 0.3) is 10.8 Å². The second-order valence-corrected chi connectivity index (χ2v) is 8.88. The predicted octanol–water partition coefficient (Wildman–Crippen LogP) is 3.16. The Morgan fingerprint density at radius 1 is 1.03 bits per heavy atom. The maximum absolute atomic E-state index is 13.1. The topological polar surface area (TPSA) is 124 Å². The van der Waals surface area contributed by atoms with Crippen LogP contribution in [0.2, 0.25) is 0 Å². The van der Waals surface area contributed by atoms with Gasteiger partial charge in [0.2, 0.25) is 15.9 Å². The summed E-state index contributed by atoms with van der Waals surface area (Å²) in [6.45, 7) is 0.140. The van der Waals surface area contributed by atoms with Crippen LogP contribution in [0.15, 0.2) is 87.5 Å². The molecule has 9 heteroatoms. The highest BCUT2D eigenvalue weighted by Gasteiger charge is 2.15. The van der Waals surface area contributed by atoms with Crippen LogP contribution in [0.4, 0.5) is 5.69 Å². The Kier molecular flexibility index (Phi) is 5.99. The fourth-order valence-electron chi connectivity index (χ4n) is 3.48. The molecule has 3 aromatic carbocycles. The molecule has 168 valence electrons. The second kappa shape index (κ2) is 8.89. The van der Waals surface area contributed by atoms with Crippen molar-refractivity contribution < 1.29 is 18.3 Å². The molecule has 0 saturated heterocycles. The van der Waals surface area contributed by atoms with Crippen LogP contribution in [0, 0.1) is 0 Å². The first-order chi connectivity index (χ1) is 15.8. The minimum Gasteiger partial charge on any atom is -0.497 e. The van der Waals surface area contributed by atoms with Gasteiger partial charge in [0, 0.05) is 17.0 Å². The highest BCUT2D eigenvalue weighted by molar-refractivity contribution is 7.89. The van der Waals surface area contributed by atoms with Gasteiger partial charge in [-0.1, -0.05) is 36.4 Å². The molecule has 0 atom stereocenters. The van der Waals surface area contributed by atoms with Crippen molar-refractivity contribution >= 4 is 32.7 Å². The van der Waals surface area contributed by atoms with Gasteiger partial charge in [-0.2, -0.15) is 0 Å². The zero-order valence-electron chi connectivity index (χ0n) is 17.7. The van der Waals surface area contributed by atoms with Crippen molar-refractivity contribution in [1.29, 1.82) is 0 Å². The van der Waals surface area contributed by atoms with Crippen LogP contribution in [0.5, 0.6) is 11.6 Å². The molecule has 0 aliphatic heterocycles. The largest absolute Gasteiger partial charge is 0.497 e. The highest BCUT2D eigenvalue weighted by atomic mass is 32.2. The van der Waals surface area contributed by atoms with E-state index >= 15 is 0 Å². The normalized spacial score (nSPS) is 11.8. The molecule has 0 aliphatic rings. The zero-order valence-corrected chi connectivity index (χ0v) is 18.5. The molecule has 0 unspecified atom stereocenters. The van der Waals surface area contributed by atoms with Gasteiger partial charge in [0.1, 0.15) is 5.75 Å². The van der Waals surface area contributed by atoms with Gasteiger partial charge in [-0.25, -0.2) is 13.6 Å². The number of primary sulfonamides is 1. The fourth-order valence-corrected chi connectivity index (χ4v) is 4.03. The van der Waals surface area contributed by atoms with Gasteiger partial charge in [-0.15, -0.1) is 0 Å². The average Bonchev–Trinajstić information content (AvgIpc) is 2.82. The van der Waals surface area contributed by atoms with E-state index in [-0.39, 0.29) is 22.9 Å². The number of methoxy groups -OCH3 is 1. The Morgan fingerprint density at radius 2 is 1.73 bits per heavy atom. The van der Waals surface area contributed by atoms with E-state index in [1.807, 2.05) is 12.1 Å². The molecule has 1 aromatic heterocycles. The summed E-state index contributed by atoms with van der Waals surface area (Å²) in [7, 11) is -2.31. The van der Waals surface area contributed by atoms with Crippen molar-refractivity contribution in [2.24, 2.45) is 10.1 Å². The minimum absolute atomic E-state index is 0.0734. The van der Waals surface area contributed by atoms with Crippen LogP contribution in [-0.2, 0) is 16.6 Å². The van der Waals surface area contributed by atoms with Crippen molar-refractivity contribution in [3.8, 4) is 11.6 Å². The van der Waals surface area contributed by atoms with E-state index in [0.29, 0.717) is 27.8 Å². The first kappa shape index (κ1) is 22.3. The number of aromatic hydroxyl groups is 1. The van der Waals surface area contributed by atoms with E-state index in [0.717, 1.165) is 5.56 Å². The van der Waals surface area contributed by atoms with Crippen molar-refractivity contribution in [3.63, 3.8) is 0 Å². The standard InChI is InChI=1S/C24H21N3O5S/c1-32-18-11-9-16(10-12-18)15-27-23(28)21-8-3-2-7-20(21)22(24(27)29)14-26-17-5-4-6-19(13-17)33(25,30)31/h2-14,29H,15H2,1H3,(H2,25,30,31). The number of aliphatic imine (C=N–C) groups is 1. The lowest BCUT2D eigenvalue weighted by atomic mass is 10.1. The van der Waals surface area contributed by atoms with Crippen LogP contribution in [0.1, 0.15) is 11.1 Å². The van der Waals surface area contributed by atoms with E-state index < -0.39 is 10.0 Å². The van der Waals surface area contributed by atoms with E-state index in [4.69, 9.17) is 9.88 Å².